The molecule has 1 aromatic heterocycles. The Morgan fingerprint density at radius 3 is 2.95 bits per heavy atom. The number of rotatable bonds is 3. The van der Waals surface area contributed by atoms with Gasteiger partial charge < -0.3 is 9.73 Å². The van der Waals surface area contributed by atoms with Crippen molar-refractivity contribution in [3.05, 3.63) is 40.8 Å². The molecule has 1 aromatic carbocycles. The van der Waals surface area contributed by atoms with Gasteiger partial charge in [-0.15, -0.1) is 0 Å². The van der Waals surface area contributed by atoms with Gasteiger partial charge in [0.15, 0.2) is 5.76 Å². The molecule has 5 heteroatoms. The van der Waals surface area contributed by atoms with Crippen molar-refractivity contribution in [1.82, 2.24) is 15.2 Å². The van der Waals surface area contributed by atoms with E-state index >= 15 is 0 Å². The lowest BCUT2D eigenvalue weighted by Crippen LogP contribution is -2.49. The fourth-order valence-electron chi connectivity index (χ4n) is 2.42. The largest absolute Gasteiger partial charge is 0.439 e. The molecule has 0 radical (unpaired) electrons. The standard InChI is InChI=1S/C15H18BrN3O/c1-11-8-17-6-7-19(11)10-15-18-9-14(20-15)12-2-4-13(16)5-3-12/h2-5,9,11,17H,6-8,10H2,1H3/t11-/m1/s1. The summed E-state index contributed by atoms with van der Waals surface area (Å²) in [6.07, 6.45) is 1.81. The summed E-state index contributed by atoms with van der Waals surface area (Å²) >= 11 is 3.44. The molecule has 4 nitrogen and oxygen atoms in total. The molecule has 0 saturated carbocycles. The van der Waals surface area contributed by atoms with E-state index in [9.17, 15) is 0 Å². The van der Waals surface area contributed by atoms with E-state index in [0.717, 1.165) is 47.9 Å². The maximum absolute atomic E-state index is 5.87. The molecule has 1 aliphatic heterocycles. The van der Waals surface area contributed by atoms with E-state index in [4.69, 9.17) is 4.42 Å². The molecule has 2 heterocycles. The van der Waals surface area contributed by atoms with Crippen LogP contribution in [0.1, 0.15) is 12.8 Å². The van der Waals surface area contributed by atoms with Gasteiger partial charge in [0.05, 0.1) is 12.7 Å². The number of hydrogen-bond acceptors (Lipinski definition) is 4. The van der Waals surface area contributed by atoms with Crippen molar-refractivity contribution >= 4 is 15.9 Å². The molecular weight excluding hydrogens is 318 g/mol. The normalized spacial score (nSPS) is 20.2. The van der Waals surface area contributed by atoms with Crippen LogP contribution in [0.15, 0.2) is 39.4 Å². The van der Waals surface area contributed by atoms with Crippen LogP contribution in [0.5, 0.6) is 0 Å². The Kier molecular flexibility index (Phi) is 4.19. The lowest BCUT2D eigenvalue weighted by molar-refractivity contribution is 0.151. The molecule has 0 bridgehead atoms. The highest BCUT2D eigenvalue weighted by atomic mass is 79.9. The van der Waals surface area contributed by atoms with Gasteiger partial charge in [0.1, 0.15) is 0 Å². The molecule has 0 unspecified atom stereocenters. The number of nitrogens with one attached hydrogen (secondary N) is 1. The molecule has 1 atom stereocenters. The summed E-state index contributed by atoms with van der Waals surface area (Å²) in [5, 5.41) is 3.39. The Morgan fingerprint density at radius 2 is 2.20 bits per heavy atom. The Labute approximate surface area is 127 Å². The molecule has 2 aromatic rings. The minimum atomic E-state index is 0.520. The number of benzene rings is 1. The van der Waals surface area contributed by atoms with Gasteiger partial charge in [0.25, 0.3) is 0 Å². The summed E-state index contributed by atoms with van der Waals surface area (Å²) in [5.74, 6) is 1.62. The van der Waals surface area contributed by atoms with Crippen molar-refractivity contribution in [1.29, 1.82) is 0 Å². The van der Waals surface area contributed by atoms with Crippen LogP contribution in [0.2, 0.25) is 0 Å². The van der Waals surface area contributed by atoms with Crippen molar-refractivity contribution in [2.75, 3.05) is 19.6 Å². The van der Waals surface area contributed by atoms with Crippen LogP contribution in [0.4, 0.5) is 0 Å². The van der Waals surface area contributed by atoms with Crippen molar-refractivity contribution in [2.45, 2.75) is 19.5 Å². The monoisotopic (exact) mass is 335 g/mol. The van der Waals surface area contributed by atoms with Gasteiger partial charge >= 0.3 is 0 Å². The van der Waals surface area contributed by atoms with Gasteiger partial charge in [0.2, 0.25) is 5.89 Å². The first-order chi connectivity index (χ1) is 9.72. The fraction of sp³-hybridized carbons (Fsp3) is 0.400. The Bertz CT molecular complexity index is 567. The van der Waals surface area contributed by atoms with E-state index in [1.54, 1.807) is 0 Å². The third-order valence-corrected chi connectivity index (χ3v) is 4.19. The van der Waals surface area contributed by atoms with Crippen LogP contribution in [-0.4, -0.2) is 35.6 Å². The minimum Gasteiger partial charge on any atom is -0.439 e. The zero-order chi connectivity index (χ0) is 13.9. The fourth-order valence-corrected chi connectivity index (χ4v) is 2.69. The molecular formula is C15H18BrN3O. The van der Waals surface area contributed by atoms with E-state index in [2.05, 4.69) is 38.1 Å². The average molecular weight is 336 g/mol. The molecule has 0 aliphatic carbocycles. The molecule has 0 amide bonds. The zero-order valence-corrected chi connectivity index (χ0v) is 13.1. The van der Waals surface area contributed by atoms with Crippen molar-refractivity contribution in [3.8, 4) is 11.3 Å². The van der Waals surface area contributed by atoms with Crippen LogP contribution in [0.25, 0.3) is 11.3 Å². The van der Waals surface area contributed by atoms with E-state index in [1.165, 1.54) is 0 Å². The summed E-state index contributed by atoms with van der Waals surface area (Å²) in [4.78, 5) is 6.80. The van der Waals surface area contributed by atoms with E-state index in [-0.39, 0.29) is 0 Å². The smallest absolute Gasteiger partial charge is 0.209 e. The van der Waals surface area contributed by atoms with Crippen molar-refractivity contribution in [3.63, 3.8) is 0 Å². The summed E-state index contributed by atoms with van der Waals surface area (Å²) < 4.78 is 6.94. The summed E-state index contributed by atoms with van der Waals surface area (Å²) in [6.45, 7) is 6.10. The summed E-state index contributed by atoms with van der Waals surface area (Å²) in [6, 6.07) is 8.60. The molecule has 1 N–H and O–H groups in total. The maximum atomic E-state index is 5.87. The van der Waals surface area contributed by atoms with E-state index in [1.807, 2.05) is 30.5 Å². The number of nitrogens with zero attached hydrogens (tertiary/aromatic N) is 2. The van der Waals surface area contributed by atoms with Gasteiger partial charge in [-0.2, -0.15) is 0 Å². The predicted molar refractivity (Wildman–Crippen MR) is 82.4 cm³/mol. The van der Waals surface area contributed by atoms with Crippen molar-refractivity contribution < 1.29 is 4.42 Å². The third kappa shape index (κ3) is 3.11. The number of halogens is 1. The van der Waals surface area contributed by atoms with Crippen LogP contribution >= 0.6 is 15.9 Å². The molecule has 20 heavy (non-hydrogen) atoms. The van der Waals surface area contributed by atoms with Gasteiger partial charge in [-0.1, -0.05) is 28.1 Å². The first-order valence-electron chi connectivity index (χ1n) is 6.88. The van der Waals surface area contributed by atoms with E-state index < -0.39 is 0 Å². The lowest BCUT2D eigenvalue weighted by Gasteiger charge is -2.32. The second-order valence-corrected chi connectivity index (χ2v) is 6.06. The highest BCUT2D eigenvalue weighted by Gasteiger charge is 2.19. The second kappa shape index (κ2) is 6.08. The van der Waals surface area contributed by atoms with Crippen LogP contribution < -0.4 is 5.32 Å². The van der Waals surface area contributed by atoms with Crippen LogP contribution in [0, 0.1) is 0 Å². The maximum Gasteiger partial charge on any atom is 0.209 e. The second-order valence-electron chi connectivity index (χ2n) is 5.15. The number of oxazole rings is 1. The Hall–Kier alpha value is -1.17. The SMILES string of the molecule is C[C@@H]1CNCCN1Cc1ncc(-c2ccc(Br)cc2)o1. The van der Waals surface area contributed by atoms with Gasteiger partial charge in [-0.05, 0) is 19.1 Å². The highest BCUT2D eigenvalue weighted by Crippen LogP contribution is 2.23. The summed E-state index contributed by atoms with van der Waals surface area (Å²) in [7, 11) is 0. The Morgan fingerprint density at radius 1 is 1.40 bits per heavy atom. The molecule has 3 rings (SSSR count). The molecule has 1 fully saturated rings. The molecule has 106 valence electrons. The summed E-state index contributed by atoms with van der Waals surface area (Å²) in [5.41, 5.74) is 1.06. The number of hydrogen-bond donors (Lipinski definition) is 1. The molecule has 1 aliphatic rings. The molecule has 0 spiro atoms. The average Bonchev–Trinajstić information content (AvgIpc) is 2.91. The predicted octanol–water partition coefficient (Wildman–Crippen LogP) is 2.90. The first kappa shape index (κ1) is 13.8. The quantitative estimate of drug-likeness (QED) is 0.936. The molecule has 1 saturated heterocycles. The topological polar surface area (TPSA) is 41.3 Å². The number of aromatic nitrogens is 1. The number of piperazine rings is 1. The van der Waals surface area contributed by atoms with Gasteiger partial charge in [0, 0.05) is 35.7 Å². The first-order valence-corrected chi connectivity index (χ1v) is 7.67. The van der Waals surface area contributed by atoms with Gasteiger partial charge in [-0.3, -0.25) is 4.90 Å². The Balaban J connectivity index is 1.71. The van der Waals surface area contributed by atoms with Crippen LogP contribution in [0.3, 0.4) is 0 Å². The zero-order valence-electron chi connectivity index (χ0n) is 11.5. The van der Waals surface area contributed by atoms with Crippen LogP contribution in [-0.2, 0) is 6.54 Å². The lowest BCUT2D eigenvalue weighted by atomic mass is 10.2. The van der Waals surface area contributed by atoms with E-state index in [0.29, 0.717) is 6.04 Å². The van der Waals surface area contributed by atoms with Crippen molar-refractivity contribution in [2.24, 2.45) is 0 Å². The van der Waals surface area contributed by atoms with Gasteiger partial charge in [-0.25, -0.2) is 4.98 Å². The third-order valence-electron chi connectivity index (χ3n) is 3.66. The highest BCUT2D eigenvalue weighted by molar-refractivity contribution is 9.10. The minimum absolute atomic E-state index is 0.520.